The highest BCUT2D eigenvalue weighted by atomic mass is 16.5. The molecule has 0 spiro atoms. The lowest BCUT2D eigenvalue weighted by molar-refractivity contribution is 0.389. The molecule has 1 aromatic carbocycles. The number of hydrogen-bond donors (Lipinski definition) is 1. The van der Waals surface area contributed by atoms with Crippen LogP contribution >= 0.6 is 0 Å². The molecule has 0 aliphatic carbocycles. The van der Waals surface area contributed by atoms with E-state index in [1.807, 2.05) is 36.9 Å². The third kappa shape index (κ3) is 3.30. The molecule has 108 valence electrons. The molecule has 1 heterocycles. The first-order valence-electron chi connectivity index (χ1n) is 6.55. The van der Waals surface area contributed by atoms with Gasteiger partial charge in [0.25, 0.3) is 0 Å². The molecule has 0 bridgehead atoms. The minimum Gasteiger partial charge on any atom is -0.497 e. The summed E-state index contributed by atoms with van der Waals surface area (Å²) in [5.41, 5.74) is 3.30. The fourth-order valence-electron chi connectivity index (χ4n) is 2.15. The number of methoxy groups -OCH3 is 2. The largest absolute Gasteiger partial charge is 0.497 e. The molecule has 5 nitrogen and oxygen atoms in total. The van der Waals surface area contributed by atoms with Crippen LogP contribution in [-0.4, -0.2) is 24.0 Å². The Morgan fingerprint density at radius 3 is 2.55 bits per heavy atom. The lowest BCUT2D eigenvalue weighted by Gasteiger charge is -2.11. The number of ether oxygens (including phenoxy) is 2. The van der Waals surface area contributed by atoms with Crippen LogP contribution in [-0.2, 0) is 20.1 Å². The van der Waals surface area contributed by atoms with Crippen LogP contribution in [0.5, 0.6) is 11.5 Å². The second-order valence-electron chi connectivity index (χ2n) is 4.68. The molecule has 0 saturated carbocycles. The molecule has 2 rings (SSSR count). The second-order valence-corrected chi connectivity index (χ2v) is 4.68. The Kier molecular flexibility index (Phi) is 4.63. The summed E-state index contributed by atoms with van der Waals surface area (Å²) in [5.74, 6) is 1.63. The highest BCUT2D eigenvalue weighted by Gasteiger charge is 2.06. The molecule has 0 aliphatic rings. The molecule has 0 saturated heterocycles. The topological polar surface area (TPSA) is 48.3 Å². The SMILES string of the molecule is COc1ccc(CNCc2cc(C)nn2C)c(OC)c1. The Bertz CT molecular complexity index is 578. The summed E-state index contributed by atoms with van der Waals surface area (Å²) in [5, 5.41) is 7.73. The van der Waals surface area contributed by atoms with Gasteiger partial charge < -0.3 is 14.8 Å². The van der Waals surface area contributed by atoms with Gasteiger partial charge in [-0.2, -0.15) is 5.10 Å². The van der Waals surface area contributed by atoms with E-state index in [0.717, 1.165) is 41.5 Å². The Morgan fingerprint density at radius 2 is 1.95 bits per heavy atom. The molecule has 0 radical (unpaired) electrons. The number of aromatic nitrogens is 2. The zero-order chi connectivity index (χ0) is 14.5. The minimum absolute atomic E-state index is 0.734. The zero-order valence-electron chi connectivity index (χ0n) is 12.4. The van der Waals surface area contributed by atoms with Gasteiger partial charge in [-0.05, 0) is 19.1 Å². The van der Waals surface area contributed by atoms with Crippen molar-refractivity contribution in [1.82, 2.24) is 15.1 Å². The summed E-state index contributed by atoms with van der Waals surface area (Å²) < 4.78 is 12.5. The molecule has 1 N–H and O–H groups in total. The number of nitrogens with zero attached hydrogens (tertiary/aromatic N) is 2. The van der Waals surface area contributed by atoms with Crippen LogP contribution in [0.4, 0.5) is 0 Å². The van der Waals surface area contributed by atoms with Crippen molar-refractivity contribution >= 4 is 0 Å². The number of rotatable bonds is 6. The maximum absolute atomic E-state index is 5.38. The van der Waals surface area contributed by atoms with Gasteiger partial charge in [-0.25, -0.2) is 0 Å². The monoisotopic (exact) mass is 275 g/mol. The van der Waals surface area contributed by atoms with Gasteiger partial charge in [0.05, 0.1) is 25.6 Å². The predicted molar refractivity (Wildman–Crippen MR) is 78.0 cm³/mol. The van der Waals surface area contributed by atoms with Gasteiger partial charge in [-0.15, -0.1) is 0 Å². The summed E-state index contributed by atoms with van der Waals surface area (Å²) in [6.07, 6.45) is 0. The quantitative estimate of drug-likeness (QED) is 0.876. The lowest BCUT2D eigenvalue weighted by atomic mass is 10.2. The van der Waals surface area contributed by atoms with E-state index in [-0.39, 0.29) is 0 Å². The molecule has 0 fully saturated rings. The van der Waals surface area contributed by atoms with Crippen LogP contribution in [0.15, 0.2) is 24.3 Å². The van der Waals surface area contributed by atoms with Crippen molar-refractivity contribution in [3.05, 3.63) is 41.2 Å². The van der Waals surface area contributed by atoms with E-state index in [9.17, 15) is 0 Å². The first-order chi connectivity index (χ1) is 9.63. The first-order valence-corrected chi connectivity index (χ1v) is 6.55. The van der Waals surface area contributed by atoms with E-state index in [1.54, 1.807) is 14.2 Å². The van der Waals surface area contributed by atoms with E-state index in [1.165, 1.54) is 0 Å². The van der Waals surface area contributed by atoms with Crippen molar-refractivity contribution in [2.75, 3.05) is 14.2 Å². The Hall–Kier alpha value is -2.01. The van der Waals surface area contributed by atoms with Gasteiger partial charge in [-0.1, -0.05) is 6.07 Å². The standard InChI is InChI=1S/C15H21N3O2/c1-11-7-13(18(2)17-11)10-16-9-12-5-6-14(19-3)8-15(12)20-4/h5-8,16H,9-10H2,1-4H3. The molecule has 0 unspecified atom stereocenters. The van der Waals surface area contributed by atoms with Crippen molar-refractivity contribution in [3.63, 3.8) is 0 Å². The van der Waals surface area contributed by atoms with Crippen LogP contribution in [0.1, 0.15) is 17.0 Å². The third-order valence-corrected chi connectivity index (χ3v) is 3.21. The van der Waals surface area contributed by atoms with Crippen LogP contribution in [0.2, 0.25) is 0 Å². The number of hydrogen-bond acceptors (Lipinski definition) is 4. The predicted octanol–water partition coefficient (Wildman–Crippen LogP) is 2.04. The molecular formula is C15H21N3O2. The molecule has 5 heteroatoms. The molecule has 2 aromatic rings. The Labute approximate surface area is 119 Å². The fraction of sp³-hybridized carbons (Fsp3) is 0.400. The smallest absolute Gasteiger partial charge is 0.127 e. The first kappa shape index (κ1) is 14.4. The van der Waals surface area contributed by atoms with Crippen molar-refractivity contribution in [1.29, 1.82) is 0 Å². The van der Waals surface area contributed by atoms with E-state index in [2.05, 4.69) is 16.5 Å². The van der Waals surface area contributed by atoms with Gasteiger partial charge >= 0.3 is 0 Å². The summed E-state index contributed by atoms with van der Waals surface area (Å²) in [7, 11) is 5.28. The van der Waals surface area contributed by atoms with Crippen molar-refractivity contribution in [3.8, 4) is 11.5 Å². The van der Waals surface area contributed by atoms with Gasteiger partial charge in [0.15, 0.2) is 0 Å². The maximum Gasteiger partial charge on any atom is 0.127 e. The van der Waals surface area contributed by atoms with Crippen LogP contribution in [0, 0.1) is 6.92 Å². The molecular weight excluding hydrogens is 254 g/mol. The Morgan fingerprint density at radius 1 is 1.15 bits per heavy atom. The van der Waals surface area contributed by atoms with Gasteiger partial charge in [0.2, 0.25) is 0 Å². The highest BCUT2D eigenvalue weighted by Crippen LogP contribution is 2.24. The van der Waals surface area contributed by atoms with E-state index in [4.69, 9.17) is 9.47 Å². The van der Waals surface area contributed by atoms with Crippen molar-refractivity contribution in [2.45, 2.75) is 20.0 Å². The van der Waals surface area contributed by atoms with Crippen LogP contribution in [0.25, 0.3) is 0 Å². The lowest BCUT2D eigenvalue weighted by Crippen LogP contribution is -2.15. The molecule has 1 aromatic heterocycles. The number of nitrogens with one attached hydrogen (secondary N) is 1. The summed E-state index contributed by atoms with van der Waals surface area (Å²) in [6, 6.07) is 7.93. The second kappa shape index (κ2) is 6.43. The highest BCUT2D eigenvalue weighted by molar-refractivity contribution is 5.40. The van der Waals surface area contributed by atoms with E-state index < -0.39 is 0 Å². The van der Waals surface area contributed by atoms with E-state index >= 15 is 0 Å². The average molecular weight is 275 g/mol. The minimum atomic E-state index is 0.734. The molecule has 0 atom stereocenters. The molecule has 20 heavy (non-hydrogen) atoms. The Balaban J connectivity index is 1.98. The number of aryl methyl sites for hydroxylation is 2. The van der Waals surface area contributed by atoms with E-state index in [0.29, 0.717) is 0 Å². The van der Waals surface area contributed by atoms with Gasteiger partial charge in [0, 0.05) is 31.8 Å². The third-order valence-electron chi connectivity index (χ3n) is 3.21. The normalized spacial score (nSPS) is 10.6. The van der Waals surface area contributed by atoms with Crippen LogP contribution < -0.4 is 14.8 Å². The zero-order valence-corrected chi connectivity index (χ0v) is 12.4. The molecule has 0 amide bonds. The van der Waals surface area contributed by atoms with Crippen molar-refractivity contribution < 1.29 is 9.47 Å². The van der Waals surface area contributed by atoms with Crippen molar-refractivity contribution in [2.24, 2.45) is 7.05 Å². The molecule has 0 aliphatic heterocycles. The fourth-order valence-corrected chi connectivity index (χ4v) is 2.15. The summed E-state index contributed by atoms with van der Waals surface area (Å²) in [6.45, 7) is 3.50. The average Bonchev–Trinajstić information content (AvgIpc) is 2.77. The van der Waals surface area contributed by atoms with Crippen LogP contribution in [0.3, 0.4) is 0 Å². The maximum atomic E-state index is 5.38. The number of benzene rings is 1. The summed E-state index contributed by atoms with van der Waals surface area (Å²) >= 11 is 0. The summed E-state index contributed by atoms with van der Waals surface area (Å²) in [4.78, 5) is 0. The van der Waals surface area contributed by atoms with Gasteiger partial charge in [0.1, 0.15) is 11.5 Å². The van der Waals surface area contributed by atoms with Gasteiger partial charge in [-0.3, -0.25) is 4.68 Å².